The molecule has 1 aromatic heterocycles. The van der Waals surface area contributed by atoms with E-state index in [-0.39, 0.29) is 18.2 Å². The van der Waals surface area contributed by atoms with Crippen molar-refractivity contribution in [3.63, 3.8) is 0 Å². The van der Waals surface area contributed by atoms with Crippen LogP contribution in [0.1, 0.15) is 53.7 Å². The molecule has 0 radical (unpaired) electrons. The number of hydrogen-bond acceptors (Lipinski definition) is 4. The van der Waals surface area contributed by atoms with Gasteiger partial charge in [-0.15, -0.1) is 0 Å². The van der Waals surface area contributed by atoms with Gasteiger partial charge in [-0.1, -0.05) is 67.6 Å². The predicted octanol–water partition coefficient (Wildman–Crippen LogP) is 5.97. The zero-order valence-corrected chi connectivity index (χ0v) is 21.0. The van der Waals surface area contributed by atoms with E-state index in [4.69, 9.17) is 15.1 Å². The summed E-state index contributed by atoms with van der Waals surface area (Å²) in [5.74, 6) is -0.386. The molecule has 3 aromatic carbocycles. The number of carbonyl (C=O) groups is 2. The monoisotopic (exact) mass is 493 g/mol. The third-order valence-corrected chi connectivity index (χ3v) is 7.17. The van der Waals surface area contributed by atoms with Crippen LogP contribution >= 0.6 is 0 Å². The van der Waals surface area contributed by atoms with Crippen molar-refractivity contribution >= 4 is 22.9 Å². The van der Waals surface area contributed by atoms with Crippen molar-refractivity contribution in [2.75, 3.05) is 13.1 Å². The molecule has 1 N–H and O–H groups in total. The summed E-state index contributed by atoms with van der Waals surface area (Å²) in [5, 5.41) is 9.14. The first-order valence-electron chi connectivity index (χ1n) is 12.9. The van der Waals surface area contributed by atoms with Gasteiger partial charge in [0, 0.05) is 36.6 Å². The molecule has 0 bridgehead atoms. The number of fused-ring (bicyclic) bond motifs is 1. The van der Waals surface area contributed by atoms with Crippen molar-refractivity contribution < 1.29 is 14.7 Å². The molecule has 6 heteroatoms. The van der Waals surface area contributed by atoms with Crippen LogP contribution in [-0.4, -0.2) is 44.9 Å². The maximum absolute atomic E-state index is 13.4. The fraction of sp³-hybridized carbons (Fsp3) is 0.290. The van der Waals surface area contributed by atoms with Gasteiger partial charge in [0.05, 0.1) is 22.4 Å². The van der Waals surface area contributed by atoms with Crippen molar-refractivity contribution in [1.29, 1.82) is 0 Å². The van der Waals surface area contributed by atoms with Crippen molar-refractivity contribution in [2.45, 2.75) is 38.5 Å². The third kappa shape index (κ3) is 5.69. The summed E-state index contributed by atoms with van der Waals surface area (Å²) in [6.45, 7) is 3.40. The second-order valence-corrected chi connectivity index (χ2v) is 9.98. The average molecular weight is 494 g/mol. The van der Waals surface area contributed by atoms with Crippen LogP contribution in [0, 0.1) is 5.92 Å². The summed E-state index contributed by atoms with van der Waals surface area (Å²) in [5.41, 5.74) is 5.92. The lowest BCUT2D eigenvalue weighted by Gasteiger charge is -2.17. The van der Waals surface area contributed by atoms with Gasteiger partial charge in [0.1, 0.15) is 0 Å². The predicted molar refractivity (Wildman–Crippen MR) is 144 cm³/mol. The SMILES string of the molecule is CC(CCc1nc2cc(C(=O)N3CCC(c4ccccc4)C3)ccc2nc1-c1ccccc1)CC(=O)O. The van der Waals surface area contributed by atoms with E-state index in [2.05, 4.69) is 12.1 Å². The van der Waals surface area contributed by atoms with Crippen LogP contribution in [0.15, 0.2) is 78.9 Å². The Morgan fingerprint density at radius 1 is 0.973 bits per heavy atom. The molecule has 2 atom stereocenters. The van der Waals surface area contributed by atoms with Crippen LogP contribution in [0.4, 0.5) is 0 Å². The first-order valence-corrected chi connectivity index (χ1v) is 12.9. The van der Waals surface area contributed by atoms with Crippen LogP contribution in [0.2, 0.25) is 0 Å². The highest BCUT2D eigenvalue weighted by atomic mass is 16.4. The molecule has 37 heavy (non-hydrogen) atoms. The minimum absolute atomic E-state index is 0.0193. The largest absolute Gasteiger partial charge is 0.481 e. The smallest absolute Gasteiger partial charge is 0.303 e. The molecule has 5 rings (SSSR count). The fourth-order valence-electron chi connectivity index (χ4n) is 5.13. The molecule has 188 valence electrons. The number of nitrogens with zero attached hydrogens (tertiary/aromatic N) is 3. The number of rotatable bonds is 8. The number of carboxylic acid groups (broad SMARTS) is 1. The lowest BCUT2D eigenvalue weighted by molar-refractivity contribution is -0.138. The van der Waals surface area contributed by atoms with E-state index in [1.165, 1.54) is 5.56 Å². The number of benzene rings is 3. The van der Waals surface area contributed by atoms with Crippen LogP contribution in [-0.2, 0) is 11.2 Å². The molecular weight excluding hydrogens is 462 g/mol. The average Bonchev–Trinajstić information content (AvgIpc) is 3.42. The highest BCUT2D eigenvalue weighted by molar-refractivity contribution is 5.97. The number of amides is 1. The van der Waals surface area contributed by atoms with Gasteiger partial charge in [0.25, 0.3) is 5.91 Å². The minimum atomic E-state index is -0.792. The maximum atomic E-state index is 13.4. The summed E-state index contributed by atoms with van der Waals surface area (Å²) < 4.78 is 0. The summed E-state index contributed by atoms with van der Waals surface area (Å²) in [6, 6.07) is 25.9. The summed E-state index contributed by atoms with van der Waals surface area (Å²) in [6.07, 6.45) is 2.40. The van der Waals surface area contributed by atoms with Crippen LogP contribution in [0.3, 0.4) is 0 Å². The zero-order chi connectivity index (χ0) is 25.8. The third-order valence-electron chi connectivity index (χ3n) is 7.17. The molecule has 0 aliphatic carbocycles. The number of aryl methyl sites for hydroxylation is 1. The summed E-state index contributed by atoms with van der Waals surface area (Å²) >= 11 is 0. The molecule has 2 unspecified atom stereocenters. The molecule has 1 aliphatic heterocycles. The number of hydrogen-bond donors (Lipinski definition) is 1. The van der Waals surface area contributed by atoms with Gasteiger partial charge in [-0.3, -0.25) is 9.59 Å². The number of aliphatic carboxylic acids is 1. The summed E-state index contributed by atoms with van der Waals surface area (Å²) in [7, 11) is 0. The van der Waals surface area contributed by atoms with Gasteiger partial charge in [-0.05, 0) is 48.9 Å². The number of carboxylic acids is 1. The Bertz CT molecular complexity index is 1410. The van der Waals surface area contributed by atoms with Gasteiger partial charge < -0.3 is 10.0 Å². The van der Waals surface area contributed by atoms with E-state index >= 15 is 0 Å². The molecule has 2 heterocycles. The normalized spacial score (nSPS) is 16.1. The Labute approximate surface area is 217 Å². The van der Waals surface area contributed by atoms with Gasteiger partial charge in [-0.25, -0.2) is 9.97 Å². The molecule has 1 amide bonds. The summed E-state index contributed by atoms with van der Waals surface area (Å²) in [4.78, 5) is 36.3. The Morgan fingerprint density at radius 3 is 2.43 bits per heavy atom. The standard InChI is InChI=1S/C31H31N3O3/c1-21(18-29(35)36)12-14-27-30(23-10-6-3-7-11-23)33-26-15-13-24(19-28(26)32-27)31(37)34-17-16-25(20-34)22-8-4-2-5-9-22/h2-11,13,15,19,21,25H,12,14,16-18,20H2,1H3,(H,35,36). The maximum Gasteiger partial charge on any atom is 0.303 e. The molecule has 0 spiro atoms. The highest BCUT2D eigenvalue weighted by Crippen LogP contribution is 2.29. The molecule has 6 nitrogen and oxygen atoms in total. The van der Waals surface area contributed by atoms with Gasteiger partial charge >= 0.3 is 5.97 Å². The molecule has 4 aromatic rings. The first-order chi connectivity index (χ1) is 18.0. The van der Waals surface area contributed by atoms with Crippen molar-refractivity contribution in [3.05, 3.63) is 95.7 Å². The van der Waals surface area contributed by atoms with Crippen molar-refractivity contribution in [3.8, 4) is 11.3 Å². The Kier molecular flexibility index (Phi) is 7.26. The molecule has 1 aliphatic rings. The van der Waals surface area contributed by atoms with Crippen LogP contribution in [0.25, 0.3) is 22.3 Å². The Morgan fingerprint density at radius 2 is 1.70 bits per heavy atom. The van der Waals surface area contributed by atoms with E-state index in [1.54, 1.807) is 0 Å². The number of likely N-dealkylation sites (tertiary alicyclic amines) is 1. The highest BCUT2D eigenvalue weighted by Gasteiger charge is 2.28. The molecule has 1 fully saturated rings. The minimum Gasteiger partial charge on any atom is -0.481 e. The molecule has 1 saturated heterocycles. The lowest BCUT2D eigenvalue weighted by atomic mass is 9.98. The quantitative estimate of drug-likeness (QED) is 0.327. The van der Waals surface area contributed by atoms with E-state index in [9.17, 15) is 9.59 Å². The van der Waals surface area contributed by atoms with Crippen molar-refractivity contribution in [1.82, 2.24) is 14.9 Å². The van der Waals surface area contributed by atoms with Crippen molar-refractivity contribution in [2.24, 2.45) is 5.92 Å². The molecule has 0 saturated carbocycles. The number of aromatic nitrogens is 2. The molecular formula is C31H31N3O3. The van der Waals surface area contributed by atoms with Crippen LogP contribution < -0.4 is 0 Å². The van der Waals surface area contributed by atoms with Gasteiger partial charge in [-0.2, -0.15) is 0 Å². The van der Waals surface area contributed by atoms with E-state index in [0.29, 0.717) is 36.4 Å². The topological polar surface area (TPSA) is 83.4 Å². The zero-order valence-electron chi connectivity index (χ0n) is 21.0. The van der Waals surface area contributed by atoms with Gasteiger partial charge in [0.15, 0.2) is 0 Å². The lowest BCUT2D eigenvalue weighted by Crippen LogP contribution is -2.28. The second-order valence-electron chi connectivity index (χ2n) is 9.98. The van der Waals surface area contributed by atoms with Crippen LogP contribution in [0.5, 0.6) is 0 Å². The van der Waals surface area contributed by atoms with Gasteiger partial charge in [0.2, 0.25) is 0 Å². The Hall–Kier alpha value is -4.06. The first kappa shape index (κ1) is 24.6. The number of carbonyl (C=O) groups excluding carboxylic acids is 1. The Balaban J connectivity index is 1.42. The second kappa shape index (κ2) is 10.9. The van der Waals surface area contributed by atoms with E-state index < -0.39 is 5.97 Å². The van der Waals surface area contributed by atoms with E-state index in [0.717, 1.165) is 35.4 Å². The van der Waals surface area contributed by atoms with E-state index in [1.807, 2.05) is 78.6 Å². The fourth-order valence-corrected chi connectivity index (χ4v) is 5.13.